The van der Waals surface area contributed by atoms with Gasteiger partial charge in [-0.1, -0.05) is 6.08 Å². The molecule has 1 unspecified atom stereocenters. The quantitative estimate of drug-likeness (QED) is 0.438. The van der Waals surface area contributed by atoms with Crippen LogP contribution in [0.25, 0.3) is 0 Å². The molecule has 0 N–H and O–H groups in total. The van der Waals surface area contributed by atoms with Crippen LogP contribution in [0.5, 0.6) is 0 Å². The van der Waals surface area contributed by atoms with Gasteiger partial charge in [0.25, 0.3) is 0 Å². The first-order chi connectivity index (χ1) is 4.57. The molecule has 10 heavy (non-hydrogen) atoms. The van der Waals surface area contributed by atoms with E-state index in [1.807, 2.05) is 0 Å². The van der Waals surface area contributed by atoms with E-state index in [9.17, 15) is 9.18 Å². The van der Waals surface area contributed by atoms with Gasteiger partial charge in [0.05, 0.1) is 0 Å². The minimum absolute atomic E-state index is 0.421. The van der Waals surface area contributed by atoms with Crippen molar-refractivity contribution in [3.05, 3.63) is 11.6 Å². The topological polar surface area (TPSA) is 26.3 Å². The fourth-order valence-electron chi connectivity index (χ4n) is 0.358. The lowest BCUT2D eigenvalue weighted by Crippen LogP contribution is -2.10. The Morgan fingerprint density at radius 3 is 2.50 bits per heavy atom. The summed E-state index contributed by atoms with van der Waals surface area (Å²) in [6.45, 7) is 4.44. The summed E-state index contributed by atoms with van der Waals surface area (Å²) in [7, 11) is 0. The van der Waals surface area contributed by atoms with Crippen molar-refractivity contribution in [3.8, 4) is 0 Å². The van der Waals surface area contributed by atoms with Gasteiger partial charge in [-0.3, -0.25) is 0 Å². The SMILES string of the molecule is C/C=C(\C)C(=O)OC(C)F. The number of allylic oxidation sites excluding steroid dienone is 1. The van der Waals surface area contributed by atoms with Gasteiger partial charge in [-0.2, -0.15) is 0 Å². The molecule has 0 saturated heterocycles. The second-order valence-electron chi connectivity index (χ2n) is 1.92. The normalized spacial score (nSPS) is 14.6. The van der Waals surface area contributed by atoms with E-state index in [0.717, 1.165) is 0 Å². The first kappa shape index (κ1) is 9.14. The maximum absolute atomic E-state index is 12.0. The molecule has 0 heterocycles. The number of carbonyl (C=O) groups is 1. The molecule has 0 saturated carbocycles. The third-order valence-corrected chi connectivity index (χ3v) is 1.02. The molecule has 0 amide bonds. The van der Waals surface area contributed by atoms with Crippen molar-refractivity contribution in [3.63, 3.8) is 0 Å². The van der Waals surface area contributed by atoms with E-state index >= 15 is 0 Å². The molecule has 0 aromatic heterocycles. The third-order valence-electron chi connectivity index (χ3n) is 1.02. The van der Waals surface area contributed by atoms with E-state index in [-0.39, 0.29) is 0 Å². The Bertz CT molecular complexity index is 150. The molecule has 0 aromatic carbocycles. The van der Waals surface area contributed by atoms with Crippen LogP contribution in [-0.2, 0) is 9.53 Å². The zero-order valence-corrected chi connectivity index (χ0v) is 6.35. The van der Waals surface area contributed by atoms with Gasteiger partial charge in [0.2, 0.25) is 6.36 Å². The van der Waals surface area contributed by atoms with Crippen molar-refractivity contribution < 1.29 is 13.9 Å². The largest absolute Gasteiger partial charge is 0.428 e. The van der Waals surface area contributed by atoms with Crippen molar-refractivity contribution >= 4 is 5.97 Å². The van der Waals surface area contributed by atoms with Crippen LogP contribution in [0.15, 0.2) is 11.6 Å². The number of hydrogen-bond acceptors (Lipinski definition) is 2. The van der Waals surface area contributed by atoms with Gasteiger partial charge in [0, 0.05) is 12.5 Å². The van der Waals surface area contributed by atoms with Gasteiger partial charge in [-0.25, -0.2) is 9.18 Å². The van der Waals surface area contributed by atoms with E-state index in [0.29, 0.717) is 5.57 Å². The number of rotatable bonds is 2. The molecule has 0 rings (SSSR count). The van der Waals surface area contributed by atoms with E-state index in [4.69, 9.17) is 0 Å². The Morgan fingerprint density at radius 2 is 2.20 bits per heavy atom. The second-order valence-corrected chi connectivity index (χ2v) is 1.92. The summed E-state index contributed by atoms with van der Waals surface area (Å²) in [5.41, 5.74) is 0.421. The maximum atomic E-state index is 12.0. The van der Waals surface area contributed by atoms with E-state index in [2.05, 4.69) is 4.74 Å². The molecule has 2 nitrogen and oxygen atoms in total. The monoisotopic (exact) mass is 146 g/mol. The molecule has 0 aliphatic heterocycles. The molecule has 0 bridgehead atoms. The van der Waals surface area contributed by atoms with Crippen LogP contribution in [0.3, 0.4) is 0 Å². The molecular weight excluding hydrogens is 135 g/mol. The molecule has 0 aromatic rings. The van der Waals surface area contributed by atoms with Crippen molar-refractivity contribution in [1.29, 1.82) is 0 Å². The molecule has 0 aliphatic rings. The van der Waals surface area contributed by atoms with Gasteiger partial charge in [-0.15, -0.1) is 0 Å². The van der Waals surface area contributed by atoms with Crippen molar-refractivity contribution in [2.45, 2.75) is 27.1 Å². The molecule has 1 atom stereocenters. The van der Waals surface area contributed by atoms with Gasteiger partial charge in [-0.05, 0) is 13.8 Å². The second kappa shape index (κ2) is 4.04. The first-order valence-corrected chi connectivity index (χ1v) is 3.06. The molecule has 0 radical (unpaired) electrons. The number of esters is 1. The number of alkyl halides is 1. The standard InChI is InChI=1S/C7H11FO2/c1-4-5(2)7(9)10-6(3)8/h4,6H,1-3H3/b5-4+. The fourth-order valence-corrected chi connectivity index (χ4v) is 0.358. The third kappa shape index (κ3) is 3.22. The Kier molecular flexibility index (Phi) is 3.69. The van der Waals surface area contributed by atoms with E-state index < -0.39 is 12.3 Å². The highest BCUT2D eigenvalue weighted by molar-refractivity contribution is 5.87. The minimum atomic E-state index is -1.53. The predicted molar refractivity (Wildman–Crippen MR) is 36.1 cm³/mol. The summed E-state index contributed by atoms with van der Waals surface area (Å²) in [4.78, 5) is 10.7. The number of hydrogen-bond donors (Lipinski definition) is 0. The first-order valence-electron chi connectivity index (χ1n) is 3.06. The van der Waals surface area contributed by atoms with Gasteiger partial charge in [0.1, 0.15) is 0 Å². The highest BCUT2D eigenvalue weighted by Crippen LogP contribution is 2.00. The molecule has 0 aliphatic carbocycles. The predicted octanol–water partition coefficient (Wildman–Crippen LogP) is 1.81. The van der Waals surface area contributed by atoms with E-state index in [1.54, 1.807) is 19.9 Å². The van der Waals surface area contributed by atoms with Crippen LogP contribution in [-0.4, -0.2) is 12.3 Å². The van der Waals surface area contributed by atoms with Gasteiger partial charge in [0.15, 0.2) is 0 Å². The lowest BCUT2D eigenvalue weighted by molar-refractivity contribution is -0.150. The van der Waals surface area contributed by atoms with Crippen molar-refractivity contribution in [2.24, 2.45) is 0 Å². The number of ether oxygens (including phenoxy) is 1. The fraction of sp³-hybridized carbons (Fsp3) is 0.571. The summed E-state index contributed by atoms with van der Waals surface area (Å²) in [6, 6.07) is 0. The average molecular weight is 146 g/mol. The summed E-state index contributed by atoms with van der Waals surface area (Å²) in [5, 5.41) is 0. The Balaban J connectivity index is 3.86. The van der Waals surface area contributed by atoms with E-state index in [1.165, 1.54) is 6.92 Å². The van der Waals surface area contributed by atoms with Crippen LogP contribution in [0.4, 0.5) is 4.39 Å². The summed E-state index contributed by atoms with van der Waals surface area (Å²) in [5.74, 6) is -0.600. The smallest absolute Gasteiger partial charge is 0.335 e. The maximum Gasteiger partial charge on any atom is 0.335 e. The van der Waals surface area contributed by atoms with Crippen LogP contribution in [0.1, 0.15) is 20.8 Å². The Labute approximate surface area is 59.7 Å². The Morgan fingerprint density at radius 1 is 1.70 bits per heavy atom. The Hall–Kier alpha value is -0.860. The average Bonchev–Trinajstić information content (AvgIpc) is 1.85. The lowest BCUT2D eigenvalue weighted by Gasteiger charge is -2.03. The number of carbonyl (C=O) groups excluding carboxylic acids is 1. The van der Waals surface area contributed by atoms with Crippen molar-refractivity contribution in [2.75, 3.05) is 0 Å². The minimum Gasteiger partial charge on any atom is -0.428 e. The number of halogens is 1. The highest BCUT2D eigenvalue weighted by atomic mass is 19.1. The van der Waals surface area contributed by atoms with Crippen LogP contribution >= 0.6 is 0 Å². The van der Waals surface area contributed by atoms with Crippen LogP contribution in [0.2, 0.25) is 0 Å². The molecular formula is C7H11FO2. The molecule has 3 heteroatoms. The molecule has 58 valence electrons. The molecule has 0 fully saturated rings. The van der Waals surface area contributed by atoms with Crippen molar-refractivity contribution in [1.82, 2.24) is 0 Å². The zero-order valence-electron chi connectivity index (χ0n) is 6.35. The van der Waals surface area contributed by atoms with Gasteiger partial charge < -0.3 is 4.74 Å². The highest BCUT2D eigenvalue weighted by Gasteiger charge is 2.07. The van der Waals surface area contributed by atoms with Crippen LogP contribution < -0.4 is 0 Å². The summed E-state index contributed by atoms with van der Waals surface area (Å²) >= 11 is 0. The summed E-state index contributed by atoms with van der Waals surface area (Å²) in [6.07, 6.45) is 0.0486. The zero-order chi connectivity index (χ0) is 8.15. The van der Waals surface area contributed by atoms with Crippen LogP contribution in [0, 0.1) is 0 Å². The lowest BCUT2D eigenvalue weighted by atomic mass is 10.3. The van der Waals surface area contributed by atoms with Gasteiger partial charge >= 0.3 is 5.97 Å². The molecule has 0 spiro atoms. The summed E-state index contributed by atoms with van der Waals surface area (Å²) < 4.78 is 16.2.